The van der Waals surface area contributed by atoms with Crippen LogP contribution in [0.15, 0.2) is 48.5 Å². The Kier molecular flexibility index (Phi) is 6.50. The highest BCUT2D eigenvalue weighted by atomic mass is 16.5. The molecule has 2 aliphatic carbocycles. The van der Waals surface area contributed by atoms with Crippen LogP contribution < -0.4 is 5.32 Å². The average molecular weight is 477 g/mol. The van der Waals surface area contributed by atoms with Crippen molar-refractivity contribution in [2.24, 2.45) is 17.8 Å². The van der Waals surface area contributed by atoms with E-state index in [1.165, 1.54) is 11.1 Å². The number of piperidine rings is 1. The molecule has 1 saturated carbocycles. The monoisotopic (exact) mass is 476 g/mol. The van der Waals surface area contributed by atoms with Crippen molar-refractivity contribution in [2.75, 3.05) is 19.7 Å². The summed E-state index contributed by atoms with van der Waals surface area (Å²) in [4.78, 5) is 39.3. The highest BCUT2D eigenvalue weighted by molar-refractivity contribution is 5.82. The van der Waals surface area contributed by atoms with Crippen LogP contribution in [0.4, 0.5) is 4.79 Å². The van der Waals surface area contributed by atoms with Crippen LogP contribution in [0.25, 0.3) is 11.1 Å². The van der Waals surface area contributed by atoms with Crippen LogP contribution in [0, 0.1) is 17.8 Å². The maximum atomic E-state index is 13.2. The number of carboxylic acids is 1. The van der Waals surface area contributed by atoms with E-state index < -0.39 is 18.0 Å². The Labute approximate surface area is 205 Å². The van der Waals surface area contributed by atoms with Crippen molar-refractivity contribution in [2.45, 2.75) is 44.6 Å². The van der Waals surface area contributed by atoms with Gasteiger partial charge in [-0.1, -0.05) is 61.9 Å². The molecule has 184 valence electrons. The Morgan fingerprint density at radius 3 is 2.29 bits per heavy atom. The predicted octanol–water partition coefficient (Wildman–Crippen LogP) is 4.26. The molecule has 2 aromatic carbocycles. The van der Waals surface area contributed by atoms with Gasteiger partial charge in [0.05, 0.1) is 11.8 Å². The summed E-state index contributed by atoms with van der Waals surface area (Å²) in [6, 6.07) is 16.1. The third-order valence-corrected chi connectivity index (χ3v) is 8.07. The van der Waals surface area contributed by atoms with Gasteiger partial charge < -0.3 is 20.1 Å². The maximum Gasteiger partial charge on any atom is 0.407 e. The van der Waals surface area contributed by atoms with E-state index in [9.17, 15) is 19.5 Å². The predicted molar refractivity (Wildman–Crippen MR) is 131 cm³/mol. The zero-order chi connectivity index (χ0) is 24.5. The van der Waals surface area contributed by atoms with Crippen LogP contribution >= 0.6 is 0 Å². The zero-order valence-corrected chi connectivity index (χ0v) is 20.0. The fraction of sp³-hybridized carbons (Fsp3) is 0.464. The molecule has 2 fully saturated rings. The van der Waals surface area contributed by atoms with Crippen molar-refractivity contribution in [3.63, 3.8) is 0 Å². The number of benzene rings is 2. The van der Waals surface area contributed by atoms with Crippen LogP contribution in [0.5, 0.6) is 0 Å². The Balaban J connectivity index is 1.20. The number of likely N-dealkylation sites (tertiary alicyclic amines) is 1. The van der Waals surface area contributed by atoms with E-state index in [0.717, 1.165) is 17.5 Å². The highest BCUT2D eigenvalue weighted by Gasteiger charge is 2.40. The van der Waals surface area contributed by atoms with Gasteiger partial charge in [-0.2, -0.15) is 0 Å². The number of fused-ring (bicyclic) bond motifs is 3. The van der Waals surface area contributed by atoms with Crippen molar-refractivity contribution in [1.82, 2.24) is 10.2 Å². The molecule has 2 amide bonds. The lowest BCUT2D eigenvalue weighted by Crippen LogP contribution is -2.51. The lowest BCUT2D eigenvalue weighted by atomic mass is 9.86. The second-order valence-corrected chi connectivity index (χ2v) is 10.1. The highest BCUT2D eigenvalue weighted by Crippen LogP contribution is 2.44. The van der Waals surface area contributed by atoms with Crippen molar-refractivity contribution in [3.05, 3.63) is 59.7 Å². The minimum absolute atomic E-state index is 0.0163. The first-order valence-electron chi connectivity index (χ1n) is 12.6. The third-order valence-electron chi connectivity index (χ3n) is 8.07. The molecule has 2 N–H and O–H groups in total. The molecule has 3 aliphatic rings. The molecule has 0 radical (unpaired) electrons. The third kappa shape index (κ3) is 4.51. The van der Waals surface area contributed by atoms with Crippen LogP contribution in [0.2, 0.25) is 0 Å². The van der Waals surface area contributed by atoms with Gasteiger partial charge in [0.2, 0.25) is 5.91 Å². The average Bonchev–Trinajstić information content (AvgIpc) is 3.45. The molecule has 1 heterocycles. The minimum atomic E-state index is -0.852. The number of hydrogen-bond donors (Lipinski definition) is 2. The summed E-state index contributed by atoms with van der Waals surface area (Å²) in [6.45, 7) is 2.97. The summed E-state index contributed by atoms with van der Waals surface area (Å²) < 4.78 is 5.69. The lowest BCUT2D eigenvalue weighted by Gasteiger charge is -2.37. The minimum Gasteiger partial charge on any atom is -0.481 e. The van der Waals surface area contributed by atoms with E-state index in [2.05, 4.69) is 29.6 Å². The molecule has 1 saturated heterocycles. The molecule has 2 unspecified atom stereocenters. The van der Waals surface area contributed by atoms with Crippen LogP contribution in [-0.4, -0.2) is 53.7 Å². The van der Waals surface area contributed by atoms with Crippen molar-refractivity contribution >= 4 is 18.0 Å². The Morgan fingerprint density at radius 2 is 1.63 bits per heavy atom. The first-order chi connectivity index (χ1) is 16.9. The second-order valence-electron chi connectivity index (χ2n) is 10.1. The van der Waals surface area contributed by atoms with Gasteiger partial charge in [0.25, 0.3) is 0 Å². The van der Waals surface area contributed by atoms with Gasteiger partial charge in [-0.15, -0.1) is 0 Å². The van der Waals surface area contributed by atoms with E-state index in [1.807, 2.05) is 31.2 Å². The first-order valence-corrected chi connectivity index (χ1v) is 12.6. The summed E-state index contributed by atoms with van der Waals surface area (Å²) >= 11 is 0. The van der Waals surface area contributed by atoms with Crippen LogP contribution in [0.3, 0.4) is 0 Å². The molecule has 0 bridgehead atoms. The van der Waals surface area contributed by atoms with Gasteiger partial charge in [0, 0.05) is 25.0 Å². The van der Waals surface area contributed by atoms with Gasteiger partial charge in [-0.25, -0.2) is 4.79 Å². The number of alkyl carbamates (subject to hydrolysis) is 1. The summed E-state index contributed by atoms with van der Waals surface area (Å²) in [5.41, 5.74) is 4.66. The topological polar surface area (TPSA) is 95.9 Å². The number of nitrogens with one attached hydrogen (secondary N) is 1. The molecule has 7 nitrogen and oxygen atoms in total. The van der Waals surface area contributed by atoms with Gasteiger partial charge >= 0.3 is 12.1 Å². The first kappa shape index (κ1) is 23.4. The summed E-state index contributed by atoms with van der Waals surface area (Å²) in [7, 11) is 0. The van der Waals surface area contributed by atoms with Crippen molar-refractivity contribution in [3.8, 4) is 11.1 Å². The normalized spacial score (nSPS) is 25.6. The number of aliphatic carboxylic acids is 1. The summed E-state index contributed by atoms with van der Waals surface area (Å²) in [6.07, 6.45) is 2.42. The second kappa shape index (κ2) is 9.72. The molecule has 5 rings (SSSR count). The largest absolute Gasteiger partial charge is 0.481 e. The molecular weight excluding hydrogens is 444 g/mol. The molecule has 1 aliphatic heterocycles. The Bertz CT molecular complexity index is 1090. The maximum absolute atomic E-state index is 13.2. The van der Waals surface area contributed by atoms with Crippen molar-refractivity contribution in [1.29, 1.82) is 0 Å². The molecule has 7 heteroatoms. The fourth-order valence-electron chi connectivity index (χ4n) is 6.05. The van der Waals surface area contributed by atoms with Gasteiger partial charge in [-0.3, -0.25) is 9.59 Å². The van der Waals surface area contributed by atoms with E-state index in [-0.39, 0.29) is 42.9 Å². The zero-order valence-electron chi connectivity index (χ0n) is 20.0. The molecule has 2 aromatic rings. The quantitative estimate of drug-likeness (QED) is 0.672. The van der Waals surface area contributed by atoms with Crippen LogP contribution in [0.1, 0.15) is 49.7 Å². The Hall–Kier alpha value is -3.35. The fourth-order valence-corrected chi connectivity index (χ4v) is 6.05. The number of ether oxygens (including phenoxy) is 1. The summed E-state index contributed by atoms with van der Waals surface area (Å²) in [5.74, 6) is -1.74. The number of carbonyl (C=O) groups is 3. The van der Waals surface area contributed by atoms with E-state index in [4.69, 9.17) is 4.74 Å². The number of amides is 2. The van der Waals surface area contributed by atoms with E-state index in [1.54, 1.807) is 4.90 Å². The molecular formula is C28H32N2O5. The molecule has 35 heavy (non-hydrogen) atoms. The number of carbonyl (C=O) groups excluding carboxylic acids is 2. The number of nitrogens with zero attached hydrogens (tertiary/aromatic N) is 1. The Morgan fingerprint density at radius 1 is 0.971 bits per heavy atom. The lowest BCUT2D eigenvalue weighted by molar-refractivity contribution is -0.149. The van der Waals surface area contributed by atoms with Gasteiger partial charge in [0.1, 0.15) is 6.61 Å². The standard InChI is InChI=1S/C28H32N2O5/c1-17-13-14-30(15-23(17)27(32)33)26(31)22-11-6-12-25(22)29-28(34)35-16-24-20-9-4-2-7-18(20)19-8-3-5-10-21(19)24/h2-5,7-10,17,22-25H,6,11-16H2,1H3,(H,29,34)(H,32,33)/t17?,22-,23?,25+/m1/s1. The number of hydrogen-bond acceptors (Lipinski definition) is 4. The number of carboxylic acid groups (broad SMARTS) is 1. The van der Waals surface area contributed by atoms with Crippen molar-refractivity contribution < 1.29 is 24.2 Å². The van der Waals surface area contributed by atoms with E-state index >= 15 is 0 Å². The SMILES string of the molecule is CC1CCN(C(=O)[C@@H]2CCC[C@@H]2NC(=O)OCC2c3ccccc3-c3ccccc32)CC1C(=O)O. The molecule has 4 atom stereocenters. The molecule has 0 aromatic heterocycles. The molecule has 0 spiro atoms. The number of rotatable bonds is 5. The smallest absolute Gasteiger partial charge is 0.407 e. The van der Waals surface area contributed by atoms with Crippen LogP contribution in [-0.2, 0) is 14.3 Å². The van der Waals surface area contributed by atoms with E-state index in [0.29, 0.717) is 25.8 Å². The van der Waals surface area contributed by atoms with Gasteiger partial charge in [-0.05, 0) is 47.4 Å². The summed E-state index contributed by atoms with van der Waals surface area (Å²) in [5, 5.41) is 12.4. The van der Waals surface area contributed by atoms with Gasteiger partial charge in [0.15, 0.2) is 0 Å².